The number of ether oxygens (including phenoxy) is 1. The number of halogens is 3. The van der Waals surface area contributed by atoms with Gasteiger partial charge in [0, 0.05) is 18.8 Å². The Morgan fingerprint density at radius 1 is 1.12 bits per heavy atom. The van der Waals surface area contributed by atoms with E-state index in [1.165, 1.54) is 24.4 Å². The molecule has 0 spiro atoms. The van der Waals surface area contributed by atoms with Crippen LogP contribution < -0.4 is 15.5 Å². The number of carbonyl (C=O) groups is 2. The summed E-state index contributed by atoms with van der Waals surface area (Å²) >= 11 is 0. The Balaban J connectivity index is 1.93. The fourth-order valence-electron chi connectivity index (χ4n) is 3.90. The topological polar surface area (TPSA) is 90.9 Å². The van der Waals surface area contributed by atoms with Crippen molar-refractivity contribution < 1.29 is 32.6 Å². The van der Waals surface area contributed by atoms with Gasteiger partial charge in [-0.25, -0.2) is 4.79 Å². The third kappa shape index (κ3) is 5.05. The Bertz CT molecular complexity index is 969. The van der Waals surface area contributed by atoms with E-state index in [0.717, 1.165) is 11.3 Å². The summed E-state index contributed by atoms with van der Waals surface area (Å²) < 4.78 is 46.1. The number of nitrogens with one attached hydrogen (secondary N) is 2. The van der Waals surface area contributed by atoms with E-state index in [1.807, 2.05) is 37.3 Å². The molecule has 0 radical (unpaired) electrons. The van der Waals surface area contributed by atoms with Crippen molar-refractivity contribution in [1.82, 2.24) is 10.6 Å². The number of rotatable bonds is 7. The summed E-state index contributed by atoms with van der Waals surface area (Å²) in [4.78, 5) is 26.6. The largest absolute Gasteiger partial charge is 0.466 e. The molecule has 1 aliphatic rings. The molecule has 3 atom stereocenters. The van der Waals surface area contributed by atoms with Crippen LogP contribution in [0.15, 0.2) is 54.6 Å². The van der Waals surface area contributed by atoms with Gasteiger partial charge in [0.15, 0.2) is 0 Å². The molecule has 0 bridgehead atoms. The van der Waals surface area contributed by atoms with Crippen molar-refractivity contribution in [3.8, 4) is 0 Å². The van der Waals surface area contributed by atoms with Crippen molar-refractivity contribution in [1.29, 1.82) is 0 Å². The van der Waals surface area contributed by atoms with E-state index in [0.29, 0.717) is 13.1 Å². The molecular formula is C23H26F3N3O4. The molecule has 7 nitrogen and oxygen atoms in total. The zero-order chi connectivity index (χ0) is 24.2. The number of benzene rings is 2. The van der Waals surface area contributed by atoms with Crippen LogP contribution in [-0.2, 0) is 16.1 Å². The fourth-order valence-corrected chi connectivity index (χ4v) is 3.90. The van der Waals surface area contributed by atoms with Gasteiger partial charge in [-0.2, -0.15) is 13.2 Å². The Morgan fingerprint density at radius 3 is 2.30 bits per heavy atom. The fraction of sp³-hybridized carbons (Fsp3) is 0.391. The first-order chi connectivity index (χ1) is 15.6. The van der Waals surface area contributed by atoms with Gasteiger partial charge in [0.25, 0.3) is 5.72 Å². The van der Waals surface area contributed by atoms with Crippen LogP contribution in [0.4, 0.5) is 23.7 Å². The first kappa shape index (κ1) is 24.4. The highest BCUT2D eigenvalue weighted by Crippen LogP contribution is 2.43. The number of nitrogens with zero attached hydrogens (tertiary/aromatic N) is 1. The van der Waals surface area contributed by atoms with Crippen LogP contribution in [0.2, 0.25) is 0 Å². The highest BCUT2D eigenvalue weighted by atomic mass is 19.4. The van der Waals surface area contributed by atoms with Crippen LogP contribution in [0.1, 0.15) is 31.0 Å². The number of carbonyl (C=O) groups excluding carboxylic acids is 2. The summed E-state index contributed by atoms with van der Waals surface area (Å²) in [6.45, 7) is 4.53. The van der Waals surface area contributed by atoms with Crippen LogP contribution in [0.3, 0.4) is 0 Å². The second kappa shape index (κ2) is 9.70. The minimum Gasteiger partial charge on any atom is -0.466 e. The molecule has 1 heterocycles. The molecule has 1 fully saturated rings. The van der Waals surface area contributed by atoms with E-state index in [2.05, 4.69) is 10.2 Å². The van der Waals surface area contributed by atoms with Gasteiger partial charge < -0.3 is 25.4 Å². The number of aliphatic hydroxyl groups is 1. The van der Waals surface area contributed by atoms with Crippen molar-refractivity contribution in [2.24, 2.45) is 5.92 Å². The molecule has 2 aromatic rings. The van der Waals surface area contributed by atoms with Crippen molar-refractivity contribution in [2.45, 2.75) is 38.3 Å². The smallest absolute Gasteiger partial charge is 0.437 e. The average Bonchev–Trinajstić information content (AvgIpc) is 2.77. The number of hydrogen-bond acceptors (Lipinski definition) is 5. The lowest BCUT2D eigenvalue weighted by atomic mass is 9.82. The zero-order valence-electron chi connectivity index (χ0n) is 18.2. The maximum atomic E-state index is 13.8. The molecule has 1 saturated heterocycles. The van der Waals surface area contributed by atoms with Gasteiger partial charge in [-0.3, -0.25) is 4.79 Å². The Hall–Kier alpha value is -3.27. The standard InChI is InChI=1S/C23H26F3N3O4/c1-3-29(14-15-8-6-5-7-9-15)17-12-10-16(11-13-17)19-18(20(30)33-4-2)22(32,23(24,25)26)28-21(31)27-19/h5-13,18-19,32H,3-4,14H2,1-2H3,(H2,27,28,31)/t18-,19-,22+/m1/s1. The molecule has 3 N–H and O–H groups in total. The molecule has 2 amide bonds. The predicted octanol–water partition coefficient (Wildman–Crippen LogP) is 3.50. The molecule has 0 aliphatic carbocycles. The summed E-state index contributed by atoms with van der Waals surface area (Å²) in [6.07, 6.45) is -5.31. The number of anilines is 1. The third-order valence-corrected chi connectivity index (χ3v) is 5.56. The minimum atomic E-state index is -5.31. The third-order valence-electron chi connectivity index (χ3n) is 5.56. The summed E-state index contributed by atoms with van der Waals surface area (Å²) in [5.74, 6) is -3.43. The van der Waals surface area contributed by atoms with Gasteiger partial charge in [-0.05, 0) is 37.1 Å². The SMILES string of the molecule is CCOC(=O)[C@H]1[C@@H](c2ccc(N(CC)Cc3ccccc3)cc2)NC(=O)N[C@@]1(O)C(F)(F)F. The molecule has 33 heavy (non-hydrogen) atoms. The van der Waals surface area contributed by atoms with E-state index in [1.54, 1.807) is 12.1 Å². The average molecular weight is 465 g/mol. The van der Waals surface area contributed by atoms with E-state index in [9.17, 15) is 27.9 Å². The normalized spacial score (nSPS) is 22.8. The molecule has 178 valence electrons. The van der Waals surface area contributed by atoms with E-state index < -0.39 is 35.9 Å². The summed E-state index contributed by atoms with van der Waals surface area (Å²) in [6, 6.07) is 13.5. The van der Waals surface area contributed by atoms with Gasteiger partial charge >= 0.3 is 18.2 Å². The first-order valence-electron chi connectivity index (χ1n) is 10.5. The maximum Gasteiger partial charge on any atom is 0.437 e. The molecule has 0 unspecified atom stereocenters. The number of hydrogen-bond donors (Lipinski definition) is 3. The lowest BCUT2D eigenvalue weighted by Crippen LogP contribution is -2.73. The molecule has 1 aliphatic heterocycles. The summed E-state index contributed by atoms with van der Waals surface area (Å²) in [7, 11) is 0. The Labute approximate surface area is 189 Å². The monoisotopic (exact) mass is 465 g/mol. The lowest BCUT2D eigenvalue weighted by molar-refractivity contribution is -0.294. The maximum absolute atomic E-state index is 13.8. The molecule has 3 rings (SSSR count). The molecule has 0 saturated carbocycles. The highest BCUT2D eigenvalue weighted by Gasteiger charge is 2.67. The van der Waals surface area contributed by atoms with Crippen molar-refractivity contribution in [3.63, 3.8) is 0 Å². The van der Waals surface area contributed by atoms with Gasteiger partial charge in [0.2, 0.25) is 0 Å². The van der Waals surface area contributed by atoms with Gasteiger partial charge in [-0.1, -0.05) is 42.5 Å². The van der Waals surface area contributed by atoms with Gasteiger partial charge in [-0.15, -0.1) is 0 Å². The van der Waals surface area contributed by atoms with Gasteiger partial charge in [0.05, 0.1) is 12.6 Å². The van der Waals surface area contributed by atoms with Crippen LogP contribution >= 0.6 is 0 Å². The number of amides is 2. The summed E-state index contributed by atoms with van der Waals surface area (Å²) in [5, 5.41) is 14.2. The number of esters is 1. The molecule has 2 aromatic carbocycles. The van der Waals surface area contributed by atoms with Crippen LogP contribution in [0, 0.1) is 5.92 Å². The van der Waals surface area contributed by atoms with Crippen LogP contribution in [-0.4, -0.2) is 42.2 Å². The lowest BCUT2D eigenvalue weighted by Gasteiger charge is -2.44. The van der Waals surface area contributed by atoms with Gasteiger partial charge in [0.1, 0.15) is 5.92 Å². The number of alkyl halides is 3. The predicted molar refractivity (Wildman–Crippen MR) is 115 cm³/mol. The first-order valence-corrected chi connectivity index (χ1v) is 10.5. The van der Waals surface area contributed by atoms with E-state index >= 15 is 0 Å². The number of urea groups is 1. The highest BCUT2D eigenvalue weighted by molar-refractivity contribution is 5.83. The van der Waals surface area contributed by atoms with Crippen LogP contribution in [0.25, 0.3) is 0 Å². The zero-order valence-corrected chi connectivity index (χ0v) is 18.2. The minimum absolute atomic E-state index is 0.187. The van der Waals surface area contributed by atoms with E-state index in [-0.39, 0.29) is 12.2 Å². The molecule has 10 heteroatoms. The Morgan fingerprint density at radius 2 is 1.76 bits per heavy atom. The van der Waals surface area contributed by atoms with Crippen molar-refractivity contribution in [3.05, 3.63) is 65.7 Å². The Kier molecular flexibility index (Phi) is 7.16. The quantitative estimate of drug-likeness (QED) is 0.545. The van der Waals surface area contributed by atoms with E-state index in [4.69, 9.17) is 4.74 Å². The molecule has 0 aromatic heterocycles. The van der Waals surface area contributed by atoms with Crippen LogP contribution in [0.5, 0.6) is 0 Å². The second-order valence-corrected chi connectivity index (χ2v) is 7.66. The van der Waals surface area contributed by atoms with Crippen molar-refractivity contribution >= 4 is 17.7 Å². The second-order valence-electron chi connectivity index (χ2n) is 7.66. The van der Waals surface area contributed by atoms with Crippen molar-refractivity contribution in [2.75, 3.05) is 18.1 Å². The summed E-state index contributed by atoms with van der Waals surface area (Å²) in [5.41, 5.74) is -1.66. The molecular weight excluding hydrogens is 439 g/mol.